The monoisotopic (exact) mass is 276 g/mol. The third-order valence-electron chi connectivity index (χ3n) is 2.82. The van der Waals surface area contributed by atoms with Crippen molar-refractivity contribution < 1.29 is 14.5 Å². The largest absolute Gasteiger partial charge is 0.487 e. The van der Waals surface area contributed by atoms with E-state index in [2.05, 4.69) is 6.07 Å². The Bertz CT molecular complexity index is 547. The highest BCUT2D eigenvalue weighted by molar-refractivity contribution is 5.76. The Morgan fingerprint density at radius 1 is 1.50 bits per heavy atom. The third kappa shape index (κ3) is 4.35. The molecule has 0 N–H and O–H groups in total. The summed E-state index contributed by atoms with van der Waals surface area (Å²) in [7, 11) is 0. The number of hydrogen-bond acceptors (Lipinski definition) is 5. The molecule has 0 aromatic heterocycles. The van der Waals surface area contributed by atoms with Crippen molar-refractivity contribution in [2.75, 3.05) is 6.61 Å². The van der Waals surface area contributed by atoms with Gasteiger partial charge < -0.3 is 4.74 Å². The molecule has 0 saturated heterocycles. The highest BCUT2D eigenvalue weighted by atomic mass is 16.6. The van der Waals surface area contributed by atoms with Gasteiger partial charge in [0.2, 0.25) is 0 Å². The number of benzene rings is 1. The normalized spacial score (nSPS) is 10.7. The summed E-state index contributed by atoms with van der Waals surface area (Å²) in [5.74, 6) is 0.0781. The summed E-state index contributed by atoms with van der Waals surface area (Å²) in [5.41, 5.74) is -0.293. The van der Waals surface area contributed by atoms with Gasteiger partial charge in [-0.25, -0.2) is 0 Å². The summed E-state index contributed by atoms with van der Waals surface area (Å²) in [4.78, 5) is 21.0. The molecule has 0 fully saturated rings. The Kier molecular flexibility index (Phi) is 5.21. The van der Waals surface area contributed by atoms with Crippen molar-refractivity contribution in [3.05, 3.63) is 33.9 Å². The van der Waals surface area contributed by atoms with Gasteiger partial charge in [0.15, 0.2) is 5.75 Å². The van der Waals surface area contributed by atoms with Crippen LogP contribution >= 0.6 is 0 Å². The highest BCUT2D eigenvalue weighted by Crippen LogP contribution is 2.28. The van der Waals surface area contributed by atoms with E-state index in [1.165, 1.54) is 18.2 Å². The Balaban J connectivity index is 2.69. The van der Waals surface area contributed by atoms with Crippen LogP contribution in [-0.4, -0.2) is 17.8 Å². The standard InChI is InChI=1S/C14H16N2O4/c1-14(2,10-15)6-3-7-20-13-8-11(9-17)4-5-12(13)16(18)19/h4-5,8-9H,3,6-7H2,1-2H3. The molecule has 0 saturated carbocycles. The van der Waals surface area contributed by atoms with Crippen LogP contribution in [0.1, 0.15) is 37.0 Å². The molecule has 0 atom stereocenters. The molecule has 0 radical (unpaired) electrons. The molecule has 0 spiro atoms. The molecule has 1 rings (SSSR count). The number of nitro benzene ring substituents is 1. The van der Waals surface area contributed by atoms with E-state index < -0.39 is 10.3 Å². The van der Waals surface area contributed by atoms with Gasteiger partial charge in [0.25, 0.3) is 0 Å². The van der Waals surface area contributed by atoms with Gasteiger partial charge in [-0.2, -0.15) is 5.26 Å². The van der Waals surface area contributed by atoms with Gasteiger partial charge in [0, 0.05) is 11.6 Å². The molecular weight excluding hydrogens is 260 g/mol. The first-order valence-electron chi connectivity index (χ1n) is 6.17. The zero-order chi connectivity index (χ0) is 15.2. The number of rotatable bonds is 7. The van der Waals surface area contributed by atoms with Crippen molar-refractivity contribution in [3.8, 4) is 11.8 Å². The minimum atomic E-state index is -0.552. The average molecular weight is 276 g/mol. The number of carbonyl (C=O) groups excluding carboxylic acids is 1. The van der Waals surface area contributed by atoms with Gasteiger partial charge in [-0.15, -0.1) is 0 Å². The first-order valence-corrected chi connectivity index (χ1v) is 6.17. The van der Waals surface area contributed by atoms with Crippen LogP contribution in [0, 0.1) is 26.9 Å². The topological polar surface area (TPSA) is 93.2 Å². The Morgan fingerprint density at radius 2 is 2.20 bits per heavy atom. The van der Waals surface area contributed by atoms with Crippen molar-refractivity contribution in [1.82, 2.24) is 0 Å². The van der Waals surface area contributed by atoms with Crippen LogP contribution in [0.3, 0.4) is 0 Å². The molecule has 106 valence electrons. The lowest BCUT2D eigenvalue weighted by molar-refractivity contribution is -0.385. The quantitative estimate of drug-likeness (QED) is 0.330. The van der Waals surface area contributed by atoms with Crippen molar-refractivity contribution >= 4 is 12.0 Å². The second kappa shape index (κ2) is 6.66. The zero-order valence-electron chi connectivity index (χ0n) is 11.5. The van der Waals surface area contributed by atoms with Crippen LogP contribution in [0.4, 0.5) is 5.69 Å². The zero-order valence-corrected chi connectivity index (χ0v) is 11.5. The minimum Gasteiger partial charge on any atom is -0.487 e. The average Bonchev–Trinajstić information content (AvgIpc) is 2.43. The molecule has 0 aliphatic heterocycles. The van der Waals surface area contributed by atoms with Crippen molar-refractivity contribution in [2.45, 2.75) is 26.7 Å². The number of aldehydes is 1. The number of nitro groups is 1. The number of hydrogen-bond donors (Lipinski definition) is 0. The number of carbonyl (C=O) groups is 1. The molecule has 0 aliphatic carbocycles. The second-order valence-corrected chi connectivity index (χ2v) is 5.05. The molecule has 0 aliphatic rings. The van der Waals surface area contributed by atoms with E-state index in [0.29, 0.717) is 24.7 Å². The van der Waals surface area contributed by atoms with E-state index in [1.807, 2.05) is 13.8 Å². The van der Waals surface area contributed by atoms with E-state index in [1.54, 1.807) is 0 Å². The van der Waals surface area contributed by atoms with Crippen LogP contribution in [0.2, 0.25) is 0 Å². The Morgan fingerprint density at radius 3 is 2.75 bits per heavy atom. The van der Waals surface area contributed by atoms with Crippen molar-refractivity contribution in [3.63, 3.8) is 0 Å². The maximum atomic E-state index is 10.9. The second-order valence-electron chi connectivity index (χ2n) is 5.05. The smallest absolute Gasteiger partial charge is 0.310 e. The van der Waals surface area contributed by atoms with Crippen LogP contribution < -0.4 is 4.74 Å². The SMILES string of the molecule is CC(C)(C#N)CCCOc1cc(C=O)ccc1[N+](=O)[O-]. The van der Waals surface area contributed by atoms with Crippen LogP contribution in [0.25, 0.3) is 0 Å². The van der Waals surface area contributed by atoms with Gasteiger partial charge in [-0.3, -0.25) is 14.9 Å². The van der Waals surface area contributed by atoms with E-state index in [9.17, 15) is 14.9 Å². The first-order chi connectivity index (χ1) is 9.39. The van der Waals surface area contributed by atoms with Crippen molar-refractivity contribution in [1.29, 1.82) is 5.26 Å². The van der Waals surface area contributed by atoms with Gasteiger partial charge in [-0.1, -0.05) is 0 Å². The van der Waals surface area contributed by atoms with E-state index >= 15 is 0 Å². The Hall–Kier alpha value is -2.42. The predicted octanol–water partition coefficient (Wildman–Crippen LogP) is 3.12. The van der Waals surface area contributed by atoms with E-state index in [4.69, 9.17) is 10.00 Å². The summed E-state index contributed by atoms with van der Waals surface area (Å²) in [5, 5.41) is 19.7. The number of nitrogens with zero attached hydrogens (tertiary/aromatic N) is 2. The lowest BCUT2D eigenvalue weighted by Crippen LogP contribution is -2.10. The molecule has 20 heavy (non-hydrogen) atoms. The van der Waals surface area contributed by atoms with Crippen molar-refractivity contribution in [2.24, 2.45) is 5.41 Å². The van der Waals surface area contributed by atoms with Crippen LogP contribution in [0.5, 0.6) is 5.75 Å². The lowest BCUT2D eigenvalue weighted by Gasteiger charge is -2.14. The summed E-state index contributed by atoms with van der Waals surface area (Å²) in [6.45, 7) is 3.90. The summed E-state index contributed by atoms with van der Waals surface area (Å²) in [6, 6.07) is 6.15. The Labute approximate surface area is 117 Å². The fourth-order valence-electron chi connectivity index (χ4n) is 1.62. The predicted molar refractivity (Wildman–Crippen MR) is 72.6 cm³/mol. The molecule has 0 amide bonds. The van der Waals surface area contributed by atoms with Crippen LogP contribution in [0.15, 0.2) is 18.2 Å². The molecule has 1 aromatic rings. The highest BCUT2D eigenvalue weighted by Gasteiger charge is 2.18. The van der Waals surface area contributed by atoms with Gasteiger partial charge in [0.05, 0.1) is 23.0 Å². The fraction of sp³-hybridized carbons (Fsp3) is 0.429. The van der Waals surface area contributed by atoms with E-state index in [0.717, 1.165) is 0 Å². The molecule has 6 heteroatoms. The number of ether oxygens (including phenoxy) is 1. The third-order valence-corrected chi connectivity index (χ3v) is 2.82. The molecule has 1 aromatic carbocycles. The summed E-state index contributed by atoms with van der Waals surface area (Å²) in [6.07, 6.45) is 1.84. The summed E-state index contributed by atoms with van der Waals surface area (Å²) < 4.78 is 5.37. The van der Waals surface area contributed by atoms with Gasteiger partial charge in [-0.05, 0) is 38.8 Å². The molecule has 0 unspecified atom stereocenters. The molecule has 6 nitrogen and oxygen atoms in total. The summed E-state index contributed by atoms with van der Waals surface area (Å²) >= 11 is 0. The van der Waals surface area contributed by atoms with E-state index in [-0.39, 0.29) is 18.0 Å². The fourth-order valence-corrected chi connectivity index (χ4v) is 1.62. The van der Waals surface area contributed by atoms with Gasteiger partial charge >= 0.3 is 5.69 Å². The maximum Gasteiger partial charge on any atom is 0.310 e. The molecule has 0 heterocycles. The minimum absolute atomic E-state index is 0.0781. The molecule has 0 bridgehead atoms. The molecular formula is C14H16N2O4. The van der Waals surface area contributed by atoms with Gasteiger partial charge in [0.1, 0.15) is 6.29 Å². The number of nitriles is 1. The first kappa shape index (κ1) is 15.6. The maximum absolute atomic E-state index is 10.9. The van der Waals surface area contributed by atoms with Crippen LogP contribution in [-0.2, 0) is 0 Å². The lowest BCUT2D eigenvalue weighted by atomic mass is 9.90.